The number of aromatic amines is 1. The van der Waals surface area contributed by atoms with E-state index in [0.717, 1.165) is 50.0 Å². The van der Waals surface area contributed by atoms with Crippen LogP contribution in [0.2, 0.25) is 0 Å². The Hall–Kier alpha value is -3.38. The third kappa shape index (κ3) is 4.03. The van der Waals surface area contributed by atoms with Crippen molar-refractivity contribution in [2.45, 2.75) is 25.6 Å². The van der Waals surface area contributed by atoms with E-state index in [-0.39, 0.29) is 18.8 Å². The number of imidazole rings is 2. The fraction of sp³-hybridized carbons (Fsp3) is 0.360. The molecule has 1 aromatic carbocycles. The highest BCUT2D eigenvalue weighted by Gasteiger charge is 2.29. The van der Waals surface area contributed by atoms with Gasteiger partial charge in [0.05, 0.1) is 53.2 Å². The lowest BCUT2D eigenvalue weighted by Gasteiger charge is -2.38. The van der Waals surface area contributed by atoms with E-state index in [0.29, 0.717) is 26.3 Å². The maximum Gasteiger partial charge on any atom is 0.161 e. The first kappa shape index (κ1) is 23.0. The maximum atomic E-state index is 9.67. The van der Waals surface area contributed by atoms with Gasteiger partial charge < -0.3 is 29.0 Å². The number of nitrogens with zero attached hydrogens (tertiary/aromatic N) is 6. The molecule has 0 spiro atoms. The van der Waals surface area contributed by atoms with Crippen molar-refractivity contribution in [3.63, 3.8) is 0 Å². The zero-order valence-corrected chi connectivity index (χ0v) is 20.9. The molecule has 0 amide bonds. The third-order valence-electron chi connectivity index (χ3n) is 6.56. The second kappa shape index (κ2) is 9.58. The Labute approximate surface area is 211 Å². The van der Waals surface area contributed by atoms with Gasteiger partial charge in [0, 0.05) is 38.2 Å². The fourth-order valence-corrected chi connectivity index (χ4v) is 5.32. The Kier molecular flexibility index (Phi) is 6.13. The zero-order valence-electron chi connectivity index (χ0n) is 20.1. The van der Waals surface area contributed by atoms with Crippen LogP contribution in [-0.2, 0) is 16.0 Å². The number of ether oxygens (including phenoxy) is 2. The average molecular weight is 506 g/mol. The second-order valence-corrected chi connectivity index (χ2v) is 9.78. The molecule has 5 heterocycles. The fourth-order valence-electron chi connectivity index (χ4n) is 4.67. The quantitative estimate of drug-likeness (QED) is 0.346. The van der Waals surface area contributed by atoms with E-state index in [4.69, 9.17) is 24.4 Å². The highest BCUT2D eigenvalue weighted by molar-refractivity contribution is 7.16. The average Bonchev–Trinajstić information content (AvgIpc) is 3.65. The minimum absolute atomic E-state index is 0.0323. The lowest BCUT2D eigenvalue weighted by atomic mass is 10.2. The third-order valence-corrected chi connectivity index (χ3v) is 7.37. The van der Waals surface area contributed by atoms with E-state index in [2.05, 4.69) is 38.5 Å². The molecule has 1 aliphatic rings. The lowest BCUT2D eigenvalue weighted by Crippen LogP contribution is -2.50. The van der Waals surface area contributed by atoms with Crippen molar-refractivity contribution in [2.24, 2.45) is 0 Å². The van der Waals surface area contributed by atoms with Crippen LogP contribution in [0.25, 0.3) is 44.2 Å². The van der Waals surface area contributed by atoms with Crippen LogP contribution in [0.15, 0.2) is 42.2 Å². The molecule has 1 fully saturated rings. The molecule has 1 aliphatic heterocycles. The summed E-state index contributed by atoms with van der Waals surface area (Å²) in [5.41, 5.74) is 6.27. The van der Waals surface area contributed by atoms with Gasteiger partial charge in [0.25, 0.3) is 0 Å². The molecule has 0 aliphatic carbocycles. The Morgan fingerprint density at radius 3 is 3.03 bits per heavy atom. The molecule has 11 heteroatoms. The van der Waals surface area contributed by atoms with Gasteiger partial charge in [-0.3, -0.25) is 0 Å². The van der Waals surface area contributed by atoms with Gasteiger partial charge in [0.2, 0.25) is 0 Å². The monoisotopic (exact) mass is 505 g/mol. The van der Waals surface area contributed by atoms with Crippen molar-refractivity contribution in [2.75, 3.05) is 38.4 Å². The molecule has 0 bridgehead atoms. The summed E-state index contributed by atoms with van der Waals surface area (Å²) in [6.07, 6.45) is 3.44. The Balaban J connectivity index is 1.44. The van der Waals surface area contributed by atoms with Gasteiger partial charge in [-0.25, -0.2) is 19.9 Å². The molecule has 5 aromatic rings. The van der Waals surface area contributed by atoms with Crippen LogP contribution in [0.3, 0.4) is 0 Å². The van der Waals surface area contributed by atoms with Crippen LogP contribution in [0.5, 0.6) is 0 Å². The van der Waals surface area contributed by atoms with Gasteiger partial charge in [0.15, 0.2) is 11.6 Å². The predicted octanol–water partition coefficient (Wildman–Crippen LogP) is 3.33. The summed E-state index contributed by atoms with van der Waals surface area (Å²) in [7, 11) is 1.69. The molecule has 10 nitrogen and oxygen atoms in total. The number of methoxy groups -OCH3 is 1. The molecule has 186 valence electrons. The smallest absolute Gasteiger partial charge is 0.161 e. The number of hydrogen-bond donors (Lipinski definition) is 2. The van der Waals surface area contributed by atoms with E-state index in [1.165, 1.54) is 0 Å². The molecule has 1 saturated heterocycles. The molecule has 6 rings (SSSR count). The number of anilines is 1. The van der Waals surface area contributed by atoms with Gasteiger partial charge in [-0.1, -0.05) is 0 Å². The SMILES string of the molecule is COCCn1c(-c2c[nH]c(-c3ccc4scnc4c3)n2)nc2c(N3C[C@@H](CO)OC[C@@H]3C)nccc21. The summed E-state index contributed by atoms with van der Waals surface area (Å²) < 4.78 is 14.4. The number of aromatic nitrogens is 6. The summed E-state index contributed by atoms with van der Waals surface area (Å²) in [4.78, 5) is 24.6. The van der Waals surface area contributed by atoms with Crippen LogP contribution in [0.1, 0.15) is 6.92 Å². The number of nitrogens with one attached hydrogen (secondary N) is 1. The minimum Gasteiger partial charge on any atom is -0.394 e. The van der Waals surface area contributed by atoms with Crippen LogP contribution in [-0.4, -0.2) is 80.2 Å². The van der Waals surface area contributed by atoms with Gasteiger partial charge in [-0.15, -0.1) is 11.3 Å². The Bertz CT molecular complexity index is 1510. The largest absolute Gasteiger partial charge is 0.394 e. The highest BCUT2D eigenvalue weighted by Crippen LogP contribution is 2.32. The minimum atomic E-state index is -0.253. The molecular formula is C25H27N7O3S. The summed E-state index contributed by atoms with van der Waals surface area (Å²) in [6, 6.07) is 8.25. The normalized spacial score (nSPS) is 18.5. The van der Waals surface area contributed by atoms with Gasteiger partial charge in [-0.2, -0.15) is 0 Å². The topological polar surface area (TPSA) is 114 Å². The molecule has 0 unspecified atom stereocenters. The number of H-pyrrole nitrogens is 1. The van der Waals surface area contributed by atoms with Crippen molar-refractivity contribution >= 4 is 38.4 Å². The molecule has 0 radical (unpaired) electrons. The van der Waals surface area contributed by atoms with Crippen molar-refractivity contribution in [3.8, 4) is 22.9 Å². The Morgan fingerprint density at radius 1 is 1.25 bits per heavy atom. The van der Waals surface area contributed by atoms with E-state index >= 15 is 0 Å². The molecule has 2 N–H and O–H groups in total. The van der Waals surface area contributed by atoms with E-state index in [1.54, 1.807) is 18.4 Å². The molecule has 4 aromatic heterocycles. The van der Waals surface area contributed by atoms with Crippen molar-refractivity contribution in [3.05, 3.63) is 42.2 Å². The van der Waals surface area contributed by atoms with Crippen molar-refractivity contribution < 1.29 is 14.6 Å². The Morgan fingerprint density at radius 2 is 2.17 bits per heavy atom. The second-order valence-electron chi connectivity index (χ2n) is 8.89. The highest BCUT2D eigenvalue weighted by atomic mass is 32.1. The van der Waals surface area contributed by atoms with E-state index in [1.807, 2.05) is 30.0 Å². The molecule has 2 atom stereocenters. The van der Waals surface area contributed by atoms with Crippen molar-refractivity contribution in [1.29, 1.82) is 0 Å². The van der Waals surface area contributed by atoms with Gasteiger partial charge >= 0.3 is 0 Å². The lowest BCUT2D eigenvalue weighted by molar-refractivity contribution is -0.0104. The summed E-state index contributed by atoms with van der Waals surface area (Å²) in [5.74, 6) is 2.29. The predicted molar refractivity (Wildman–Crippen MR) is 139 cm³/mol. The van der Waals surface area contributed by atoms with Gasteiger partial charge in [0.1, 0.15) is 17.0 Å². The summed E-state index contributed by atoms with van der Waals surface area (Å²) in [5, 5.41) is 9.67. The van der Waals surface area contributed by atoms with Crippen LogP contribution in [0, 0.1) is 0 Å². The zero-order chi connectivity index (χ0) is 24.6. The molecule has 36 heavy (non-hydrogen) atoms. The van der Waals surface area contributed by atoms with Gasteiger partial charge in [-0.05, 0) is 31.2 Å². The van der Waals surface area contributed by atoms with Crippen LogP contribution < -0.4 is 4.90 Å². The van der Waals surface area contributed by atoms with E-state index in [9.17, 15) is 5.11 Å². The first-order chi connectivity index (χ1) is 17.7. The number of aliphatic hydroxyl groups excluding tert-OH is 1. The number of benzene rings is 1. The van der Waals surface area contributed by atoms with E-state index < -0.39 is 0 Å². The van der Waals surface area contributed by atoms with Crippen molar-refractivity contribution in [1.82, 2.24) is 29.5 Å². The summed E-state index contributed by atoms with van der Waals surface area (Å²) in [6.45, 7) is 4.29. The summed E-state index contributed by atoms with van der Waals surface area (Å²) >= 11 is 1.62. The number of thiazole rings is 1. The number of morpholine rings is 1. The van der Waals surface area contributed by atoms with Crippen LogP contribution in [0.4, 0.5) is 5.82 Å². The first-order valence-electron chi connectivity index (χ1n) is 11.9. The number of pyridine rings is 1. The number of rotatable bonds is 7. The number of fused-ring (bicyclic) bond motifs is 2. The standard InChI is InChI=1S/C25H27N7O3S/c1-15-13-35-17(12-33)11-32(15)25-22-20(5-6-26-25)31(7-8-34-2)24(30-22)19-10-27-23(29-19)16-3-4-21-18(9-16)28-14-36-21/h3-6,9-10,14-15,17,33H,7-8,11-13H2,1-2H3,(H,27,29)/t15-,17-/m0/s1. The molecule has 0 saturated carbocycles. The molecular weight excluding hydrogens is 478 g/mol. The number of aliphatic hydroxyl groups is 1. The number of hydrogen-bond acceptors (Lipinski definition) is 9. The first-order valence-corrected chi connectivity index (χ1v) is 12.8. The van der Waals surface area contributed by atoms with Crippen LogP contribution >= 0.6 is 11.3 Å². The maximum absolute atomic E-state index is 9.67.